The van der Waals surface area contributed by atoms with Gasteiger partial charge in [0.25, 0.3) is 5.91 Å². The van der Waals surface area contributed by atoms with Gasteiger partial charge in [-0.1, -0.05) is 30.3 Å². The highest BCUT2D eigenvalue weighted by Crippen LogP contribution is 2.25. The number of hydrogen-bond donors (Lipinski definition) is 0. The molecule has 0 saturated carbocycles. The fourth-order valence-electron chi connectivity index (χ4n) is 4.13. The van der Waals surface area contributed by atoms with Gasteiger partial charge in [0, 0.05) is 38.3 Å². The van der Waals surface area contributed by atoms with Crippen LogP contribution < -0.4 is 0 Å². The molecule has 0 spiro atoms. The fraction of sp³-hybridized carbons (Fsp3) is 0.478. The molecule has 0 N–H and O–H groups in total. The van der Waals surface area contributed by atoms with Crippen LogP contribution in [0.15, 0.2) is 36.5 Å². The molecule has 0 bridgehead atoms. The first-order chi connectivity index (χ1) is 14.6. The van der Waals surface area contributed by atoms with Gasteiger partial charge >= 0.3 is 0 Å². The Bertz CT molecular complexity index is 897. The van der Waals surface area contributed by atoms with Gasteiger partial charge in [0.15, 0.2) is 0 Å². The van der Waals surface area contributed by atoms with Crippen LogP contribution in [0.1, 0.15) is 46.2 Å². The van der Waals surface area contributed by atoms with E-state index >= 15 is 0 Å². The molecule has 158 valence electrons. The lowest BCUT2D eigenvalue weighted by molar-refractivity contribution is -0.131. The minimum Gasteiger partial charge on any atom is -0.378 e. The largest absolute Gasteiger partial charge is 0.378 e. The summed E-state index contributed by atoms with van der Waals surface area (Å²) in [7, 11) is 0. The molecule has 2 amide bonds. The predicted octanol–water partition coefficient (Wildman–Crippen LogP) is 2.21. The number of ether oxygens (including phenoxy) is 1. The second-order valence-electron chi connectivity index (χ2n) is 7.97. The molecular weight excluding hydrogens is 380 g/mol. The van der Waals surface area contributed by atoms with Crippen molar-refractivity contribution >= 4 is 11.8 Å². The SMILES string of the molecule is Cc1nc(C2CCCN(C(=O)Cc3ccccc3)C2)ncc1C(=O)N1CCOCC1. The van der Waals surface area contributed by atoms with Crippen LogP contribution >= 0.6 is 0 Å². The molecule has 2 aliphatic heterocycles. The van der Waals surface area contributed by atoms with Gasteiger partial charge in [-0.15, -0.1) is 0 Å². The van der Waals surface area contributed by atoms with Crippen molar-refractivity contribution < 1.29 is 14.3 Å². The average molecular weight is 409 g/mol. The second-order valence-corrected chi connectivity index (χ2v) is 7.97. The summed E-state index contributed by atoms with van der Waals surface area (Å²) in [6.07, 6.45) is 3.95. The lowest BCUT2D eigenvalue weighted by Crippen LogP contribution is -2.41. The minimum absolute atomic E-state index is 0.0364. The van der Waals surface area contributed by atoms with Crippen LogP contribution in [0.5, 0.6) is 0 Å². The van der Waals surface area contributed by atoms with Gasteiger partial charge in [-0.25, -0.2) is 9.97 Å². The maximum Gasteiger partial charge on any atom is 0.257 e. The van der Waals surface area contributed by atoms with E-state index in [-0.39, 0.29) is 17.7 Å². The summed E-state index contributed by atoms with van der Waals surface area (Å²) in [5, 5.41) is 0. The average Bonchev–Trinajstić information content (AvgIpc) is 2.80. The number of rotatable bonds is 4. The number of morpholine rings is 1. The van der Waals surface area contributed by atoms with E-state index in [1.54, 1.807) is 11.1 Å². The number of hydrogen-bond acceptors (Lipinski definition) is 5. The summed E-state index contributed by atoms with van der Waals surface area (Å²) in [5.41, 5.74) is 2.28. The van der Waals surface area contributed by atoms with Crippen molar-refractivity contribution in [3.63, 3.8) is 0 Å². The van der Waals surface area contributed by atoms with E-state index in [2.05, 4.69) is 9.97 Å². The van der Waals surface area contributed by atoms with Crippen molar-refractivity contribution in [2.45, 2.75) is 32.1 Å². The molecule has 7 nitrogen and oxygen atoms in total. The third-order valence-electron chi connectivity index (χ3n) is 5.86. The van der Waals surface area contributed by atoms with Crippen LogP contribution in [-0.4, -0.2) is 71.0 Å². The molecule has 2 fully saturated rings. The summed E-state index contributed by atoms with van der Waals surface area (Å²) in [6, 6.07) is 9.83. The van der Waals surface area contributed by atoms with Crippen LogP contribution in [0.3, 0.4) is 0 Å². The van der Waals surface area contributed by atoms with Crippen molar-refractivity contribution in [2.75, 3.05) is 39.4 Å². The quantitative estimate of drug-likeness (QED) is 0.775. The molecule has 0 radical (unpaired) electrons. The summed E-state index contributed by atoms with van der Waals surface area (Å²) < 4.78 is 5.32. The van der Waals surface area contributed by atoms with E-state index in [1.165, 1.54) is 0 Å². The van der Waals surface area contributed by atoms with Crippen LogP contribution in [0, 0.1) is 6.92 Å². The molecule has 1 aromatic carbocycles. The fourth-order valence-corrected chi connectivity index (χ4v) is 4.13. The zero-order valence-corrected chi connectivity index (χ0v) is 17.4. The molecule has 4 rings (SSSR count). The third kappa shape index (κ3) is 4.67. The number of aryl methyl sites for hydroxylation is 1. The first-order valence-electron chi connectivity index (χ1n) is 10.6. The van der Waals surface area contributed by atoms with Gasteiger partial charge in [-0.2, -0.15) is 0 Å². The smallest absolute Gasteiger partial charge is 0.257 e. The maximum atomic E-state index is 12.8. The highest BCUT2D eigenvalue weighted by molar-refractivity contribution is 5.95. The van der Waals surface area contributed by atoms with Gasteiger partial charge < -0.3 is 14.5 Å². The van der Waals surface area contributed by atoms with Crippen molar-refractivity contribution in [2.24, 2.45) is 0 Å². The Morgan fingerprint density at radius 2 is 1.87 bits per heavy atom. The summed E-state index contributed by atoms with van der Waals surface area (Å²) >= 11 is 0. The standard InChI is InChI=1S/C23H28N4O3/c1-17-20(23(29)26-10-12-30-13-11-26)15-24-22(25-17)19-8-5-9-27(16-19)21(28)14-18-6-3-2-4-7-18/h2-4,6-7,15,19H,5,8-14,16H2,1H3. The summed E-state index contributed by atoms with van der Waals surface area (Å²) in [6.45, 7) is 5.59. The van der Waals surface area contributed by atoms with Gasteiger partial charge in [0.05, 0.1) is 30.9 Å². The molecule has 1 aromatic heterocycles. The van der Waals surface area contributed by atoms with E-state index in [9.17, 15) is 9.59 Å². The number of benzene rings is 1. The van der Waals surface area contributed by atoms with E-state index in [0.717, 1.165) is 30.8 Å². The monoisotopic (exact) mass is 408 g/mol. The van der Waals surface area contributed by atoms with E-state index in [1.807, 2.05) is 42.2 Å². The Balaban J connectivity index is 1.42. The molecule has 2 aliphatic rings. The summed E-state index contributed by atoms with van der Waals surface area (Å²) in [4.78, 5) is 38.4. The number of aromatic nitrogens is 2. The number of carbonyl (C=O) groups excluding carboxylic acids is 2. The van der Waals surface area contributed by atoms with Gasteiger partial charge in [0.2, 0.25) is 5.91 Å². The normalized spacial score (nSPS) is 19.6. The molecule has 7 heteroatoms. The number of amides is 2. The van der Waals surface area contributed by atoms with Gasteiger partial charge in [-0.05, 0) is 25.3 Å². The van der Waals surface area contributed by atoms with Crippen LogP contribution in [0.25, 0.3) is 0 Å². The molecule has 2 aromatic rings. The number of likely N-dealkylation sites (tertiary alicyclic amines) is 1. The highest BCUT2D eigenvalue weighted by Gasteiger charge is 2.28. The van der Waals surface area contributed by atoms with E-state index in [0.29, 0.717) is 50.5 Å². The topological polar surface area (TPSA) is 75.6 Å². The van der Waals surface area contributed by atoms with Crippen LogP contribution in [0.4, 0.5) is 0 Å². The lowest BCUT2D eigenvalue weighted by Gasteiger charge is -2.32. The Kier molecular flexibility index (Phi) is 6.38. The number of nitrogens with zero attached hydrogens (tertiary/aromatic N) is 4. The van der Waals surface area contributed by atoms with E-state index < -0.39 is 0 Å². The van der Waals surface area contributed by atoms with Crippen molar-refractivity contribution in [3.8, 4) is 0 Å². The maximum absolute atomic E-state index is 12.8. The molecule has 30 heavy (non-hydrogen) atoms. The lowest BCUT2D eigenvalue weighted by atomic mass is 9.96. The predicted molar refractivity (Wildman–Crippen MR) is 112 cm³/mol. The first kappa shape index (κ1) is 20.5. The highest BCUT2D eigenvalue weighted by atomic mass is 16.5. The molecule has 1 unspecified atom stereocenters. The van der Waals surface area contributed by atoms with Gasteiger partial charge in [0.1, 0.15) is 5.82 Å². The molecular formula is C23H28N4O3. The Labute approximate surface area is 177 Å². The zero-order chi connectivity index (χ0) is 20.9. The molecule has 3 heterocycles. The summed E-state index contributed by atoms with van der Waals surface area (Å²) in [5.74, 6) is 0.931. The van der Waals surface area contributed by atoms with Crippen molar-refractivity contribution in [3.05, 3.63) is 59.2 Å². The first-order valence-corrected chi connectivity index (χ1v) is 10.6. The van der Waals surface area contributed by atoms with Gasteiger partial charge in [-0.3, -0.25) is 9.59 Å². The zero-order valence-electron chi connectivity index (χ0n) is 17.4. The van der Waals surface area contributed by atoms with Crippen LogP contribution in [-0.2, 0) is 16.0 Å². The van der Waals surface area contributed by atoms with E-state index in [4.69, 9.17) is 4.74 Å². The minimum atomic E-state index is -0.0364. The molecule has 1 atom stereocenters. The van der Waals surface area contributed by atoms with Crippen molar-refractivity contribution in [1.29, 1.82) is 0 Å². The van der Waals surface area contributed by atoms with Crippen LogP contribution in [0.2, 0.25) is 0 Å². The third-order valence-corrected chi connectivity index (χ3v) is 5.86. The molecule has 2 saturated heterocycles. The Hall–Kier alpha value is -2.80. The van der Waals surface area contributed by atoms with Crippen molar-refractivity contribution in [1.82, 2.24) is 19.8 Å². The Morgan fingerprint density at radius 3 is 2.60 bits per heavy atom. The molecule has 0 aliphatic carbocycles. The Morgan fingerprint density at radius 1 is 1.10 bits per heavy atom. The number of carbonyl (C=O) groups is 2. The number of piperidine rings is 1. The second kappa shape index (κ2) is 9.34.